The van der Waals surface area contributed by atoms with Gasteiger partial charge in [-0.25, -0.2) is 0 Å². The van der Waals surface area contributed by atoms with Crippen LogP contribution in [-0.2, 0) is 13.0 Å². The third-order valence-corrected chi connectivity index (χ3v) is 4.79. The van der Waals surface area contributed by atoms with E-state index in [1.54, 1.807) is 0 Å². The predicted octanol–water partition coefficient (Wildman–Crippen LogP) is 3.52. The molecule has 1 N–H and O–H groups in total. The van der Waals surface area contributed by atoms with Crippen LogP contribution in [0.25, 0.3) is 0 Å². The Morgan fingerprint density at radius 3 is 2.89 bits per heavy atom. The van der Waals surface area contributed by atoms with Gasteiger partial charge in [-0.3, -0.25) is 4.90 Å². The fourth-order valence-corrected chi connectivity index (χ4v) is 3.38. The molecule has 3 rings (SSSR count). The molecule has 1 fully saturated rings. The predicted molar refractivity (Wildman–Crippen MR) is 81.5 cm³/mol. The van der Waals surface area contributed by atoms with Gasteiger partial charge in [0, 0.05) is 25.3 Å². The number of hydrogen-bond acceptors (Lipinski definition) is 2. The Kier molecular flexibility index (Phi) is 3.30. The van der Waals surface area contributed by atoms with Crippen molar-refractivity contribution in [2.75, 3.05) is 25.0 Å². The first-order valence-electron chi connectivity index (χ1n) is 7.60. The van der Waals surface area contributed by atoms with Gasteiger partial charge in [-0.05, 0) is 47.9 Å². The summed E-state index contributed by atoms with van der Waals surface area (Å²) in [6.07, 6.45) is 2.54. The highest BCUT2D eigenvalue weighted by Crippen LogP contribution is 2.34. The molecule has 2 aliphatic rings. The van der Waals surface area contributed by atoms with Crippen LogP contribution in [0, 0.1) is 11.3 Å². The molecule has 0 radical (unpaired) electrons. The number of rotatable bonds is 2. The molecule has 1 saturated heterocycles. The lowest BCUT2D eigenvalue weighted by Crippen LogP contribution is -2.25. The molecule has 1 unspecified atom stereocenters. The summed E-state index contributed by atoms with van der Waals surface area (Å²) in [5.74, 6) is 0.847. The number of nitrogens with one attached hydrogen (secondary N) is 1. The average molecular weight is 258 g/mol. The van der Waals surface area contributed by atoms with Gasteiger partial charge < -0.3 is 5.32 Å². The fourth-order valence-electron chi connectivity index (χ4n) is 3.38. The second-order valence-electron chi connectivity index (χ2n) is 7.26. The highest BCUT2D eigenvalue weighted by molar-refractivity contribution is 5.57. The smallest absolute Gasteiger partial charge is 0.0376 e. The molecule has 0 amide bonds. The number of likely N-dealkylation sites (tertiary alicyclic amines) is 1. The maximum atomic E-state index is 3.48. The molecule has 1 atom stereocenters. The first kappa shape index (κ1) is 13.0. The molecule has 1 aromatic carbocycles. The van der Waals surface area contributed by atoms with Gasteiger partial charge in [-0.2, -0.15) is 0 Å². The van der Waals surface area contributed by atoms with E-state index in [1.807, 2.05) is 0 Å². The fraction of sp³-hybridized carbons (Fsp3) is 0.647. The molecule has 2 heterocycles. The van der Waals surface area contributed by atoms with Crippen molar-refractivity contribution in [1.29, 1.82) is 0 Å². The number of hydrogen-bond donors (Lipinski definition) is 1. The Morgan fingerprint density at radius 1 is 1.32 bits per heavy atom. The highest BCUT2D eigenvalue weighted by Gasteiger charge is 2.31. The van der Waals surface area contributed by atoms with Gasteiger partial charge in [0.2, 0.25) is 0 Å². The van der Waals surface area contributed by atoms with Gasteiger partial charge in [-0.15, -0.1) is 0 Å². The summed E-state index contributed by atoms with van der Waals surface area (Å²) in [4.78, 5) is 2.62. The van der Waals surface area contributed by atoms with Gasteiger partial charge in [0.05, 0.1) is 0 Å². The van der Waals surface area contributed by atoms with Crippen LogP contribution in [0.5, 0.6) is 0 Å². The zero-order valence-electron chi connectivity index (χ0n) is 12.5. The number of benzene rings is 1. The second-order valence-corrected chi connectivity index (χ2v) is 7.26. The summed E-state index contributed by atoms with van der Waals surface area (Å²) in [7, 11) is 0. The van der Waals surface area contributed by atoms with E-state index >= 15 is 0 Å². The molecule has 2 aliphatic heterocycles. The summed E-state index contributed by atoms with van der Waals surface area (Å²) in [5, 5.41) is 3.48. The van der Waals surface area contributed by atoms with Crippen molar-refractivity contribution in [2.24, 2.45) is 11.3 Å². The number of anilines is 1. The summed E-state index contributed by atoms with van der Waals surface area (Å²) in [6, 6.07) is 6.98. The molecule has 19 heavy (non-hydrogen) atoms. The molecule has 0 aliphatic carbocycles. The van der Waals surface area contributed by atoms with E-state index in [0.717, 1.165) is 19.0 Å². The molecular formula is C17H26N2. The van der Waals surface area contributed by atoms with E-state index in [4.69, 9.17) is 0 Å². The minimum Gasteiger partial charge on any atom is -0.384 e. The van der Waals surface area contributed by atoms with Crippen molar-refractivity contribution >= 4 is 5.69 Å². The van der Waals surface area contributed by atoms with Gasteiger partial charge in [0.15, 0.2) is 0 Å². The highest BCUT2D eigenvalue weighted by atomic mass is 15.1. The number of nitrogens with zero attached hydrogens (tertiary/aromatic N) is 1. The summed E-state index contributed by atoms with van der Waals surface area (Å²) in [5.41, 5.74) is 4.76. The van der Waals surface area contributed by atoms with Crippen LogP contribution >= 0.6 is 0 Å². The molecular weight excluding hydrogens is 232 g/mol. The quantitative estimate of drug-likeness (QED) is 0.873. The monoisotopic (exact) mass is 258 g/mol. The van der Waals surface area contributed by atoms with Crippen LogP contribution in [0.15, 0.2) is 18.2 Å². The molecule has 0 bridgehead atoms. The van der Waals surface area contributed by atoms with Crippen LogP contribution in [0.1, 0.15) is 38.3 Å². The third-order valence-electron chi connectivity index (χ3n) is 4.79. The van der Waals surface area contributed by atoms with Gasteiger partial charge in [0.25, 0.3) is 0 Å². The van der Waals surface area contributed by atoms with Crippen molar-refractivity contribution in [1.82, 2.24) is 4.90 Å². The van der Waals surface area contributed by atoms with Gasteiger partial charge in [0.1, 0.15) is 0 Å². The SMILES string of the molecule is CC(C)(C)C1CCN(Cc2ccc3c(c2)NCC3)C1. The first-order valence-corrected chi connectivity index (χ1v) is 7.60. The normalized spacial score (nSPS) is 23.4. The van der Waals surface area contributed by atoms with E-state index in [0.29, 0.717) is 5.41 Å². The standard InChI is InChI=1S/C17H26N2/c1-17(2,3)15-7-9-19(12-15)11-13-4-5-14-6-8-18-16(14)10-13/h4-5,10,15,18H,6-9,11-12H2,1-3H3. The second kappa shape index (κ2) is 4.82. The largest absolute Gasteiger partial charge is 0.384 e. The maximum Gasteiger partial charge on any atom is 0.0376 e. The zero-order chi connectivity index (χ0) is 13.5. The van der Waals surface area contributed by atoms with E-state index in [9.17, 15) is 0 Å². The lowest BCUT2D eigenvalue weighted by atomic mass is 9.80. The Labute approximate surface area is 117 Å². The topological polar surface area (TPSA) is 15.3 Å². The van der Waals surface area contributed by atoms with Crippen LogP contribution in [-0.4, -0.2) is 24.5 Å². The maximum absolute atomic E-state index is 3.48. The van der Waals surface area contributed by atoms with Crippen molar-refractivity contribution in [3.05, 3.63) is 29.3 Å². The van der Waals surface area contributed by atoms with E-state index in [-0.39, 0.29) is 0 Å². The Hall–Kier alpha value is -1.02. The number of fused-ring (bicyclic) bond motifs is 1. The molecule has 1 aromatic rings. The molecule has 0 spiro atoms. The Balaban J connectivity index is 1.64. The molecule has 2 nitrogen and oxygen atoms in total. The van der Waals surface area contributed by atoms with Crippen molar-refractivity contribution in [3.8, 4) is 0 Å². The van der Waals surface area contributed by atoms with Crippen LogP contribution in [0.2, 0.25) is 0 Å². The van der Waals surface area contributed by atoms with E-state index < -0.39 is 0 Å². The molecule has 2 heteroatoms. The third kappa shape index (κ3) is 2.79. The van der Waals surface area contributed by atoms with Crippen LogP contribution in [0.4, 0.5) is 5.69 Å². The van der Waals surface area contributed by atoms with Crippen molar-refractivity contribution < 1.29 is 0 Å². The lowest BCUT2D eigenvalue weighted by Gasteiger charge is -2.27. The van der Waals surface area contributed by atoms with Crippen molar-refractivity contribution in [3.63, 3.8) is 0 Å². The van der Waals surface area contributed by atoms with Crippen LogP contribution < -0.4 is 5.32 Å². The molecule has 0 saturated carbocycles. The van der Waals surface area contributed by atoms with Gasteiger partial charge >= 0.3 is 0 Å². The minimum absolute atomic E-state index is 0.453. The van der Waals surface area contributed by atoms with E-state index in [1.165, 1.54) is 42.7 Å². The van der Waals surface area contributed by atoms with Gasteiger partial charge in [-0.1, -0.05) is 32.9 Å². The van der Waals surface area contributed by atoms with E-state index in [2.05, 4.69) is 49.2 Å². The summed E-state index contributed by atoms with van der Waals surface area (Å²) < 4.78 is 0. The Bertz CT molecular complexity index is 459. The average Bonchev–Trinajstić information content (AvgIpc) is 2.95. The molecule has 104 valence electrons. The summed E-state index contributed by atoms with van der Waals surface area (Å²) >= 11 is 0. The summed E-state index contributed by atoms with van der Waals surface area (Å²) in [6.45, 7) is 11.9. The lowest BCUT2D eigenvalue weighted by molar-refractivity contribution is 0.226. The Morgan fingerprint density at radius 2 is 2.16 bits per heavy atom. The first-order chi connectivity index (χ1) is 9.02. The van der Waals surface area contributed by atoms with Crippen molar-refractivity contribution in [2.45, 2.75) is 40.2 Å². The minimum atomic E-state index is 0.453. The zero-order valence-corrected chi connectivity index (χ0v) is 12.5. The molecule has 0 aromatic heterocycles. The van der Waals surface area contributed by atoms with Crippen LogP contribution in [0.3, 0.4) is 0 Å².